The van der Waals surface area contributed by atoms with Crippen LogP contribution >= 0.6 is 11.6 Å². The van der Waals surface area contributed by atoms with Crippen molar-refractivity contribution in [3.05, 3.63) is 46.8 Å². The minimum absolute atomic E-state index is 0.0811. The van der Waals surface area contributed by atoms with Crippen LogP contribution in [0.5, 0.6) is 0 Å². The molecule has 0 aliphatic carbocycles. The summed E-state index contributed by atoms with van der Waals surface area (Å²) in [6.07, 6.45) is 8.03. The monoisotopic (exact) mass is 291 g/mol. The number of allylic oxidation sites excluding steroid dienone is 1. The van der Waals surface area contributed by atoms with E-state index < -0.39 is 0 Å². The number of rotatable bonds is 6. The zero-order chi connectivity index (χ0) is 14.5. The Morgan fingerprint density at radius 1 is 1.55 bits per heavy atom. The highest BCUT2D eigenvalue weighted by Crippen LogP contribution is 2.19. The highest BCUT2D eigenvalue weighted by Gasteiger charge is 2.11. The second-order valence-corrected chi connectivity index (χ2v) is 5.01. The number of aryl methyl sites for hydroxylation is 1. The first-order chi connectivity index (χ1) is 9.63. The normalized spacial score (nSPS) is 11.3. The molecule has 20 heavy (non-hydrogen) atoms. The minimum Gasteiger partial charge on any atom is -0.359 e. The summed E-state index contributed by atoms with van der Waals surface area (Å²) >= 11 is 6.14. The van der Waals surface area contributed by atoms with E-state index in [0.29, 0.717) is 10.8 Å². The van der Waals surface area contributed by atoms with Crippen LogP contribution in [0.1, 0.15) is 41.8 Å². The van der Waals surface area contributed by atoms with E-state index in [2.05, 4.69) is 16.9 Å². The molecule has 4 nitrogen and oxygen atoms in total. The Kier molecular flexibility index (Phi) is 4.79. The number of carbonyl (C=O) groups excluding carboxylic acids is 1. The van der Waals surface area contributed by atoms with Gasteiger partial charge in [-0.1, -0.05) is 24.9 Å². The maximum Gasteiger partial charge on any atom is 0.202 e. The fourth-order valence-electron chi connectivity index (χ4n) is 1.99. The van der Waals surface area contributed by atoms with Crippen molar-refractivity contribution in [2.45, 2.75) is 26.2 Å². The number of unbranched alkanes of at least 4 members (excludes halogenated alkanes) is 1. The molecule has 0 bridgehead atoms. The second-order valence-electron chi connectivity index (χ2n) is 4.65. The van der Waals surface area contributed by atoms with Crippen molar-refractivity contribution in [1.29, 1.82) is 0 Å². The second kappa shape index (κ2) is 6.57. The van der Waals surface area contributed by atoms with Gasteiger partial charge in [-0.3, -0.25) is 4.79 Å². The zero-order valence-electron chi connectivity index (χ0n) is 11.7. The van der Waals surface area contributed by atoms with E-state index in [4.69, 9.17) is 11.6 Å². The summed E-state index contributed by atoms with van der Waals surface area (Å²) in [5, 5.41) is 0.439. The number of aromatic nitrogens is 3. The van der Waals surface area contributed by atoms with Gasteiger partial charge >= 0.3 is 0 Å². The summed E-state index contributed by atoms with van der Waals surface area (Å²) in [5.74, 6) is 0.867. The summed E-state index contributed by atoms with van der Waals surface area (Å²) in [4.78, 5) is 19.1. The largest absolute Gasteiger partial charge is 0.359 e. The van der Waals surface area contributed by atoms with Crippen molar-refractivity contribution >= 4 is 23.5 Å². The average Bonchev–Trinajstić information content (AvgIpc) is 3.04. The van der Waals surface area contributed by atoms with Crippen LogP contribution in [0.2, 0.25) is 5.15 Å². The standard InChI is InChI=1S/C15H18ClN3O/c1-3-4-7-14-18-15(16)12(19(14)2)8-9-13(20)11-6-5-10-17-11/h5-6,8-10,17H,3-4,7H2,1-2H3/b9-8+. The molecule has 5 heteroatoms. The van der Waals surface area contributed by atoms with Crippen LogP contribution in [0.3, 0.4) is 0 Å². The van der Waals surface area contributed by atoms with Crippen LogP contribution < -0.4 is 0 Å². The summed E-state index contributed by atoms with van der Waals surface area (Å²) in [7, 11) is 1.92. The Labute approximate surface area is 123 Å². The number of aromatic amines is 1. The molecule has 2 aromatic rings. The Morgan fingerprint density at radius 2 is 2.35 bits per heavy atom. The van der Waals surface area contributed by atoms with E-state index in [1.54, 1.807) is 24.4 Å². The number of hydrogen-bond acceptors (Lipinski definition) is 2. The topological polar surface area (TPSA) is 50.7 Å². The average molecular weight is 292 g/mol. The number of imidazole rings is 1. The molecule has 0 aliphatic heterocycles. The summed E-state index contributed by atoms with van der Waals surface area (Å²) in [5.41, 5.74) is 1.32. The quantitative estimate of drug-likeness (QED) is 0.652. The molecule has 0 fully saturated rings. The van der Waals surface area contributed by atoms with Gasteiger partial charge in [0.05, 0.1) is 11.4 Å². The Morgan fingerprint density at radius 3 is 3.00 bits per heavy atom. The summed E-state index contributed by atoms with van der Waals surface area (Å²) in [6, 6.07) is 3.53. The van der Waals surface area contributed by atoms with Crippen molar-refractivity contribution < 1.29 is 4.79 Å². The molecular weight excluding hydrogens is 274 g/mol. The number of halogens is 1. The zero-order valence-corrected chi connectivity index (χ0v) is 12.4. The molecule has 0 aliphatic rings. The van der Waals surface area contributed by atoms with Crippen LogP contribution in [0.15, 0.2) is 24.4 Å². The smallest absolute Gasteiger partial charge is 0.202 e. The lowest BCUT2D eigenvalue weighted by molar-refractivity contribution is 0.104. The molecule has 0 atom stereocenters. The summed E-state index contributed by atoms with van der Waals surface area (Å²) in [6.45, 7) is 2.14. The van der Waals surface area contributed by atoms with Crippen LogP contribution in [-0.4, -0.2) is 20.3 Å². The van der Waals surface area contributed by atoms with Crippen LogP contribution in [0.25, 0.3) is 6.08 Å². The van der Waals surface area contributed by atoms with Crippen LogP contribution in [0, 0.1) is 0 Å². The van der Waals surface area contributed by atoms with E-state index in [9.17, 15) is 4.79 Å². The number of nitrogens with zero attached hydrogens (tertiary/aromatic N) is 2. The molecular formula is C15H18ClN3O. The maximum absolute atomic E-state index is 11.9. The molecule has 0 saturated heterocycles. The lowest BCUT2D eigenvalue weighted by Gasteiger charge is -2.02. The first kappa shape index (κ1) is 14.6. The number of ketones is 1. The molecule has 2 aromatic heterocycles. The van der Waals surface area contributed by atoms with Gasteiger partial charge in [0.2, 0.25) is 5.78 Å². The van der Waals surface area contributed by atoms with Gasteiger partial charge in [-0.15, -0.1) is 0 Å². The van der Waals surface area contributed by atoms with Gasteiger partial charge in [-0.05, 0) is 30.7 Å². The molecule has 0 spiro atoms. The molecule has 106 valence electrons. The number of carbonyl (C=O) groups is 1. The van der Waals surface area contributed by atoms with Crippen molar-refractivity contribution in [3.8, 4) is 0 Å². The Balaban J connectivity index is 2.17. The number of hydrogen-bond donors (Lipinski definition) is 1. The molecule has 2 rings (SSSR count). The van der Waals surface area contributed by atoms with Gasteiger partial charge in [0.25, 0.3) is 0 Å². The van der Waals surface area contributed by atoms with Crippen molar-refractivity contribution in [2.24, 2.45) is 7.05 Å². The summed E-state index contributed by atoms with van der Waals surface area (Å²) < 4.78 is 1.94. The number of H-pyrrole nitrogens is 1. The molecule has 2 heterocycles. The highest BCUT2D eigenvalue weighted by atomic mass is 35.5. The third kappa shape index (κ3) is 3.20. The van der Waals surface area contributed by atoms with E-state index in [1.165, 1.54) is 6.08 Å². The van der Waals surface area contributed by atoms with Gasteiger partial charge in [0.1, 0.15) is 5.82 Å². The van der Waals surface area contributed by atoms with E-state index >= 15 is 0 Å². The third-order valence-electron chi connectivity index (χ3n) is 3.20. The molecule has 1 N–H and O–H groups in total. The lowest BCUT2D eigenvalue weighted by atomic mass is 10.2. The first-order valence-corrected chi connectivity index (χ1v) is 7.08. The van der Waals surface area contributed by atoms with E-state index in [-0.39, 0.29) is 5.78 Å². The lowest BCUT2D eigenvalue weighted by Crippen LogP contribution is -2.00. The van der Waals surface area contributed by atoms with E-state index in [1.807, 2.05) is 11.6 Å². The predicted molar refractivity (Wildman–Crippen MR) is 81.0 cm³/mol. The van der Waals surface area contributed by atoms with Gasteiger partial charge in [-0.2, -0.15) is 0 Å². The molecule has 0 aromatic carbocycles. The van der Waals surface area contributed by atoms with Gasteiger partial charge in [-0.25, -0.2) is 4.98 Å². The highest BCUT2D eigenvalue weighted by molar-refractivity contribution is 6.30. The predicted octanol–water partition coefficient (Wildman–Crippen LogP) is 3.64. The SMILES string of the molecule is CCCCc1nc(Cl)c(/C=C/C(=O)c2ccc[nH]2)n1C. The Bertz CT molecular complexity index is 611. The van der Waals surface area contributed by atoms with Crippen LogP contribution in [-0.2, 0) is 13.5 Å². The first-order valence-electron chi connectivity index (χ1n) is 6.70. The van der Waals surface area contributed by atoms with Crippen LogP contribution in [0.4, 0.5) is 0 Å². The van der Waals surface area contributed by atoms with Crippen molar-refractivity contribution in [3.63, 3.8) is 0 Å². The minimum atomic E-state index is -0.0811. The molecule has 0 radical (unpaired) electrons. The van der Waals surface area contributed by atoms with Gasteiger partial charge in [0.15, 0.2) is 5.15 Å². The fraction of sp³-hybridized carbons (Fsp3) is 0.333. The molecule has 0 amide bonds. The molecule has 0 saturated carbocycles. The van der Waals surface area contributed by atoms with Gasteiger partial charge in [0, 0.05) is 19.7 Å². The fourth-order valence-corrected chi connectivity index (χ4v) is 2.28. The van der Waals surface area contributed by atoms with Gasteiger partial charge < -0.3 is 9.55 Å². The van der Waals surface area contributed by atoms with Crippen molar-refractivity contribution in [1.82, 2.24) is 14.5 Å². The van der Waals surface area contributed by atoms with E-state index in [0.717, 1.165) is 30.8 Å². The maximum atomic E-state index is 11.9. The number of nitrogens with one attached hydrogen (secondary N) is 1. The van der Waals surface area contributed by atoms with Crippen molar-refractivity contribution in [2.75, 3.05) is 0 Å². The third-order valence-corrected chi connectivity index (χ3v) is 3.48. The Hall–Kier alpha value is -1.81. The molecule has 0 unspecified atom stereocenters.